The topological polar surface area (TPSA) is 109 Å². The average molecular weight is 433 g/mol. The standard InChI is InChI=1S/C22H32N4O5/c1-4-10-24-20(27)12-15-7-8-17-19(31-15)13-30-18-9-6-14(25-22(29)23-5-2)11-16(18)21(28)26(17)3/h6,9,11,15,17,19H,4-5,7-8,10,12-13H2,1-3H3,(H,24,27)(H2,23,25,29)/t15-,17-,19+/m1/s1. The molecule has 3 atom stereocenters. The largest absolute Gasteiger partial charge is 0.490 e. The zero-order valence-corrected chi connectivity index (χ0v) is 18.4. The summed E-state index contributed by atoms with van der Waals surface area (Å²) in [6, 6.07) is 4.54. The molecule has 4 amide bonds. The Labute approximate surface area is 182 Å². The minimum absolute atomic E-state index is 0.0148. The molecule has 1 aromatic rings. The highest BCUT2D eigenvalue weighted by atomic mass is 16.5. The molecule has 0 bridgehead atoms. The van der Waals surface area contributed by atoms with Gasteiger partial charge in [0.1, 0.15) is 18.5 Å². The van der Waals surface area contributed by atoms with Crippen molar-refractivity contribution in [1.29, 1.82) is 0 Å². The second kappa shape index (κ2) is 10.5. The van der Waals surface area contributed by atoms with E-state index in [4.69, 9.17) is 9.47 Å². The van der Waals surface area contributed by atoms with E-state index >= 15 is 0 Å². The van der Waals surface area contributed by atoms with Gasteiger partial charge in [-0.1, -0.05) is 6.92 Å². The van der Waals surface area contributed by atoms with Gasteiger partial charge in [0, 0.05) is 25.8 Å². The maximum Gasteiger partial charge on any atom is 0.319 e. The number of hydrogen-bond acceptors (Lipinski definition) is 5. The highest BCUT2D eigenvalue weighted by molar-refractivity contribution is 5.99. The van der Waals surface area contributed by atoms with Crippen LogP contribution < -0.4 is 20.7 Å². The summed E-state index contributed by atoms with van der Waals surface area (Å²) in [5, 5.41) is 8.26. The molecule has 9 heteroatoms. The van der Waals surface area contributed by atoms with Gasteiger partial charge in [0.25, 0.3) is 5.91 Å². The lowest BCUT2D eigenvalue weighted by atomic mass is 9.94. The normalized spacial score (nSPS) is 22.9. The molecule has 1 aromatic carbocycles. The Kier molecular flexibility index (Phi) is 7.73. The summed E-state index contributed by atoms with van der Waals surface area (Å²) in [5.74, 6) is 0.245. The second-order valence-electron chi connectivity index (χ2n) is 7.92. The quantitative estimate of drug-likeness (QED) is 0.638. The first-order valence-corrected chi connectivity index (χ1v) is 10.9. The molecule has 2 heterocycles. The van der Waals surface area contributed by atoms with E-state index in [2.05, 4.69) is 16.0 Å². The Bertz CT molecular complexity index is 815. The molecule has 9 nitrogen and oxygen atoms in total. The van der Waals surface area contributed by atoms with Crippen LogP contribution in [0.1, 0.15) is 49.9 Å². The summed E-state index contributed by atoms with van der Waals surface area (Å²) in [7, 11) is 1.76. The predicted octanol–water partition coefficient (Wildman–Crippen LogP) is 2.12. The summed E-state index contributed by atoms with van der Waals surface area (Å²) in [4.78, 5) is 38.7. The zero-order valence-electron chi connectivity index (χ0n) is 18.4. The number of nitrogens with one attached hydrogen (secondary N) is 3. The fraction of sp³-hybridized carbons (Fsp3) is 0.591. The van der Waals surface area contributed by atoms with E-state index in [1.165, 1.54) is 0 Å². The van der Waals surface area contributed by atoms with Gasteiger partial charge in [-0.05, 0) is 44.4 Å². The first-order chi connectivity index (χ1) is 14.9. The number of rotatable bonds is 6. The molecule has 0 spiro atoms. The Morgan fingerprint density at radius 1 is 1.19 bits per heavy atom. The van der Waals surface area contributed by atoms with Crippen molar-refractivity contribution >= 4 is 23.5 Å². The van der Waals surface area contributed by atoms with Gasteiger partial charge in [-0.3, -0.25) is 9.59 Å². The van der Waals surface area contributed by atoms with E-state index in [9.17, 15) is 14.4 Å². The Balaban J connectivity index is 1.71. The van der Waals surface area contributed by atoms with Crippen LogP contribution in [0.25, 0.3) is 0 Å². The fourth-order valence-corrected chi connectivity index (χ4v) is 3.98. The van der Waals surface area contributed by atoms with Gasteiger partial charge in [0.05, 0.1) is 24.1 Å². The SMILES string of the molecule is CCCNC(=O)C[C@H]1CC[C@@H]2[C@H](COc3ccc(NC(=O)NCC)cc3C(=O)N2C)O1. The number of hydrogen-bond donors (Lipinski definition) is 3. The predicted molar refractivity (Wildman–Crippen MR) is 116 cm³/mol. The molecule has 31 heavy (non-hydrogen) atoms. The van der Waals surface area contributed by atoms with Crippen LogP contribution in [0, 0.1) is 0 Å². The number of carbonyl (C=O) groups excluding carboxylic acids is 3. The first-order valence-electron chi connectivity index (χ1n) is 10.9. The molecule has 1 saturated heterocycles. The van der Waals surface area contributed by atoms with Gasteiger partial charge in [0.15, 0.2) is 0 Å². The molecule has 1 fully saturated rings. The third kappa shape index (κ3) is 5.66. The summed E-state index contributed by atoms with van der Waals surface area (Å²) in [5.41, 5.74) is 0.918. The summed E-state index contributed by atoms with van der Waals surface area (Å²) in [6.45, 7) is 5.29. The van der Waals surface area contributed by atoms with Crippen LogP contribution in [0.15, 0.2) is 18.2 Å². The fourth-order valence-electron chi connectivity index (χ4n) is 3.98. The first kappa shape index (κ1) is 22.9. The molecule has 3 N–H and O–H groups in total. The highest BCUT2D eigenvalue weighted by Gasteiger charge is 2.39. The molecule has 3 rings (SSSR count). The van der Waals surface area contributed by atoms with Crippen molar-refractivity contribution in [2.45, 2.75) is 57.8 Å². The molecule has 2 aliphatic rings. The monoisotopic (exact) mass is 432 g/mol. The molecule has 0 radical (unpaired) electrons. The Morgan fingerprint density at radius 3 is 2.74 bits per heavy atom. The van der Waals surface area contributed by atoms with Crippen LogP contribution in [0.2, 0.25) is 0 Å². The maximum absolute atomic E-state index is 13.2. The lowest BCUT2D eigenvalue weighted by molar-refractivity contribution is -0.134. The van der Waals surface area contributed by atoms with Crippen molar-refractivity contribution in [2.24, 2.45) is 0 Å². The molecule has 0 aromatic heterocycles. The van der Waals surface area contributed by atoms with Crippen molar-refractivity contribution in [2.75, 3.05) is 32.1 Å². The lowest BCUT2D eigenvalue weighted by Gasteiger charge is -2.42. The zero-order chi connectivity index (χ0) is 22.4. The Morgan fingerprint density at radius 2 is 2.00 bits per heavy atom. The summed E-state index contributed by atoms with van der Waals surface area (Å²) < 4.78 is 12.1. The lowest BCUT2D eigenvalue weighted by Crippen LogP contribution is -2.54. The van der Waals surface area contributed by atoms with Crippen LogP contribution >= 0.6 is 0 Å². The third-order valence-electron chi connectivity index (χ3n) is 5.59. The van der Waals surface area contributed by atoms with Gasteiger partial charge in [-0.25, -0.2) is 4.79 Å². The minimum Gasteiger partial charge on any atom is -0.490 e. The molecular formula is C22H32N4O5. The van der Waals surface area contributed by atoms with E-state index in [-0.39, 0.29) is 42.7 Å². The average Bonchev–Trinajstić information content (AvgIpc) is 2.75. The maximum atomic E-state index is 13.2. The molecule has 0 saturated carbocycles. The highest BCUT2D eigenvalue weighted by Crippen LogP contribution is 2.32. The number of fused-ring (bicyclic) bond motifs is 2. The van der Waals surface area contributed by atoms with E-state index in [0.29, 0.717) is 42.9 Å². The minimum atomic E-state index is -0.329. The van der Waals surface area contributed by atoms with E-state index in [0.717, 1.165) is 12.8 Å². The molecule has 0 aliphatic carbocycles. The summed E-state index contributed by atoms with van der Waals surface area (Å²) in [6.07, 6.45) is 2.13. The van der Waals surface area contributed by atoms with Crippen LogP contribution in [-0.4, -0.2) is 67.7 Å². The van der Waals surface area contributed by atoms with Crippen LogP contribution in [0.5, 0.6) is 5.75 Å². The number of benzene rings is 1. The van der Waals surface area contributed by atoms with E-state index < -0.39 is 0 Å². The van der Waals surface area contributed by atoms with Crippen molar-refractivity contribution in [1.82, 2.24) is 15.5 Å². The van der Waals surface area contributed by atoms with Crippen molar-refractivity contribution in [3.63, 3.8) is 0 Å². The number of urea groups is 1. The molecule has 2 aliphatic heterocycles. The van der Waals surface area contributed by atoms with Crippen LogP contribution in [-0.2, 0) is 9.53 Å². The second-order valence-corrected chi connectivity index (χ2v) is 7.92. The van der Waals surface area contributed by atoms with E-state index in [1.54, 1.807) is 30.1 Å². The van der Waals surface area contributed by atoms with E-state index in [1.807, 2.05) is 13.8 Å². The molecule has 0 unspecified atom stereocenters. The van der Waals surface area contributed by atoms with Crippen LogP contribution in [0.3, 0.4) is 0 Å². The van der Waals surface area contributed by atoms with Crippen LogP contribution in [0.4, 0.5) is 10.5 Å². The number of ether oxygens (including phenoxy) is 2. The van der Waals surface area contributed by atoms with Gasteiger partial charge in [-0.15, -0.1) is 0 Å². The van der Waals surface area contributed by atoms with Gasteiger partial charge >= 0.3 is 6.03 Å². The van der Waals surface area contributed by atoms with Crippen molar-refractivity contribution in [3.05, 3.63) is 23.8 Å². The van der Waals surface area contributed by atoms with Gasteiger partial charge in [0.2, 0.25) is 5.91 Å². The van der Waals surface area contributed by atoms with Gasteiger partial charge in [-0.2, -0.15) is 0 Å². The number of likely N-dealkylation sites (N-methyl/N-ethyl adjacent to an activating group) is 1. The molecule has 170 valence electrons. The Hall–Kier alpha value is -2.81. The van der Waals surface area contributed by atoms with Gasteiger partial charge < -0.3 is 30.3 Å². The summed E-state index contributed by atoms with van der Waals surface area (Å²) >= 11 is 0. The number of carbonyl (C=O) groups is 3. The molecular weight excluding hydrogens is 400 g/mol. The van der Waals surface area contributed by atoms with Crippen molar-refractivity contribution < 1.29 is 23.9 Å². The number of anilines is 1. The smallest absolute Gasteiger partial charge is 0.319 e. The third-order valence-corrected chi connectivity index (χ3v) is 5.59. The van der Waals surface area contributed by atoms with Crippen molar-refractivity contribution in [3.8, 4) is 5.75 Å². The number of amides is 4. The number of nitrogens with zero attached hydrogens (tertiary/aromatic N) is 1.